The zero-order valence-corrected chi connectivity index (χ0v) is 13.8. The zero-order chi connectivity index (χ0) is 16.5. The molecular formula is C20H19N4+. The fraction of sp³-hybridized carbons (Fsp3) is 0.100. The van der Waals surface area contributed by atoms with Crippen LogP contribution in [0.2, 0.25) is 0 Å². The van der Waals surface area contributed by atoms with E-state index in [1.807, 2.05) is 40.9 Å². The van der Waals surface area contributed by atoms with E-state index in [2.05, 4.69) is 60.1 Å². The molecule has 4 nitrogen and oxygen atoms in total. The summed E-state index contributed by atoms with van der Waals surface area (Å²) in [5, 5.41) is 8.09. The highest BCUT2D eigenvalue weighted by molar-refractivity contribution is 5.59. The minimum atomic E-state index is 0.833. The van der Waals surface area contributed by atoms with E-state index in [0.717, 1.165) is 28.5 Å². The van der Waals surface area contributed by atoms with E-state index in [0.29, 0.717) is 0 Å². The third-order valence-electron chi connectivity index (χ3n) is 4.08. The lowest BCUT2D eigenvalue weighted by Gasteiger charge is -2.05. The van der Waals surface area contributed by atoms with Crippen LogP contribution in [-0.4, -0.2) is 9.61 Å². The van der Waals surface area contributed by atoms with E-state index < -0.39 is 0 Å². The van der Waals surface area contributed by atoms with Crippen LogP contribution in [0.15, 0.2) is 72.8 Å². The summed E-state index contributed by atoms with van der Waals surface area (Å²) in [5.74, 6) is 0.833. The van der Waals surface area contributed by atoms with E-state index in [-0.39, 0.29) is 0 Å². The molecule has 0 bridgehead atoms. The molecule has 0 unspecified atom stereocenters. The SMILES string of the molecule is Cc1cc(C)[n+](-c2ccccc2)c2cc(Nc3ccccc3)nn12. The second-order valence-corrected chi connectivity index (χ2v) is 5.89. The molecule has 0 radical (unpaired) electrons. The number of nitrogens with zero attached hydrogens (tertiary/aromatic N) is 3. The van der Waals surface area contributed by atoms with Crippen LogP contribution in [-0.2, 0) is 0 Å². The molecular weight excluding hydrogens is 296 g/mol. The summed E-state index contributed by atoms with van der Waals surface area (Å²) in [6.07, 6.45) is 0. The van der Waals surface area contributed by atoms with Gasteiger partial charge in [-0.1, -0.05) is 46.0 Å². The van der Waals surface area contributed by atoms with E-state index >= 15 is 0 Å². The number of para-hydroxylation sites is 2. The molecule has 4 aromatic rings. The summed E-state index contributed by atoms with van der Waals surface area (Å²) in [4.78, 5) is 0. The standard InChI is InChI=1S/C20H19N4/c1-15-13-16(2)24-20(23(15)18-11-7-4-8-12-18)14-19(22-24)21-17-9-5-3-6-10-17/h3-14H,1-2H3,(H,21,22)/q+1. The number of hydrogen-bond donors (Lipinski definition) is 1. The van der Waals surface area contributed by atoms with Gasteiger partial charge in [0.15, 0.2) is 5.82 Å². The van der Waals surface area contributed by atoms with Crippen molar-refractivity contribution in [3.63, 3.8) is 0 Å². The predicted octanol–water partition coefficient (Wildman–Crippen LogP) is 3.97. The minimum absolute atomic E-state index is 0.833. The number of aryl methyl sites for hydroxylation is 2. The Hall–Kier alpha value is -3.14. The summed E-state index contributed by atoms with van der Waals surface area (Å²) < 4.78 is 4.20. The molecule has 0 saturated heterocycles. The van der Waals surface area contributed by atoms with Crippen LogP contribution in [0.5, 0.6) is 0 Å². The van der Waals surface area contributed by atoms with Crippen molar-refractivity contribution in [2.45, 2.75) is 13.8 Å². The maximum absolute atomic E-state index is 4.72. The topological polar surface area (TPSA) is 33.2 Å². The lowest BCUT2D eigenvalue weighted by atomic mass is 10.2. The highest BCUT2D eigenvalue weighted by Gasteiger charge is 2.20. The van der Waals surface area contributed by atoms with Crippen molar-refractivity contribution >= 4 is 17.2 Å². The van der Waals surface area contributed by atoms with Crippen LogP contribution >= 0.6 is 0 Å². The van der Waals surface area contributed by atoms with Gasteiger partial charge in [0.2, 0.25) is 0 Å². The number of fused-ring (bicyclic) bond motifs is 1. The highest BCUT2D eigenvalue weighted by Crippen LogP contribution is 2.18. The summed E-state index contributed by atoms with van der Waals surface area (Å²) in [6.45, 7) is 4.20. The van der Waals surface area contributed by atoms with Gasteiger partial charge in [0.25, 0.3) is 0 Å². The number of rotatable bonds is 3. The number of anilines is 2. The van der Waals surface area contributed by atoms with Crippen molar-refractivity contribution in [1.82, 2.24) is 9.61 Å². The van der Waals surface area contributed by atoms with Crippen LogP contribution in [0.25, 0.3) is 11.3 Å². The molecule has 24 heavy (non-hydrogen) atoms. The molecule has 0 aliphatic carbocycles. The van der Waals surface area contributed by atoms with Gasteiger partial charge in [-0.3, -0.25) is 0 Å². The van der Waals surface area contributed by atoms with E-state index in [9.17, 15) is 0 Å². The summed E-state index contributed by atoms with van der Waals surface area (Å²) in [6, 6.07) is 24.7. The first-order valence-corrected chi connectivity index (χ1v) is 8.02. The third kappa shape index (κ3) is 2.52. The first-order valence-electron chi connectivity index (χ1n) is 8.02. The zero-order valence-electron chi connectivity index (χ0n) is 13.8. The fourth-order valence-corrected chi connectivity index (χ4v) is 3.04. The van der Waals surface area contributed by atoms with Gasteiger partial charge in [-0.2, -0.15) is 4.57 Å². The Labute approximate surface area is 141 Å². The lowest BCUT2D eigenvalue weighted by molar-refractivity contribution is -0.578. The average molecular weight is 315 g/mol. The Morgan fingerprint density at radius 1 is 0.875 bits per heavy atom. The van der Waals surface area contributed by atoms with Gasteiger partial charge < -0.3 is 5.32 Å². The molecule has 0 atom stereocenters. The van der Waals surface area contributed by atoms with E-state index in [1.54, 1.807) is 0 Å². The third-order valence-corrected chi connectivity index (χ3v) is 4.08. The van der Waals surface area contributed by atoms with Crippen molar-refractivity contribution in [3.05, 3.63) is 84.2 Å². The first kappa shape index (κ1) is 14.5. The molecule has 0 aliphatic heterocycles. The molecule has 0 spiro atoms. The van der Waals surface area contributed by atoms with Crippen LogP contribution in [0, 0.1) is 13.8 Å². The van der Waals surface area contributed by atoms with Gasteiger partial charge in [0.05, 0.1) is 6.07 Å². The highest BCUT2D eigenvalue weighted by atomic mass is 15.3. The Balaban J connectivity index is 1.88. The number of aromatic nitrogens is 3. The number of hydrogen-bond acceptors (Lipinski definition) is 2. The van der Waals surface area contributed by atoms with Crippen LogP contribution in [0.3, 0.4) is 0 Å². The van der Waals surface area contributed by atoms with Crippen LogP contribution in [0.1, 0.15) is 11.4 Å². The van der Waals surface area contributed by atoms with Crippen molar-refractivity contribution < 1.29 is 4.57 Å². The molecule has 1 N–H and O–H groups in total. The van der Waals surface area contributed by atoms with Gasteiger partial charge >= 0.3 is 5.65 Å². The Morgan fingerprint density at radius 2 is 1.54 bits per heavy atom. The minimum Gasteiger partial charge on any atom is -0.337 e. The van der Waals surface area contributed by atoms with Crippen molar-refractivity contribution in [1.29, 1.82) is 0 Å². The normalized spacial score (nSPS) is 10.9. The molecule has 2 heterocycles. The average Bonchev–Trinajstić information content (AvgIpc) is 3.00. The smallest absolute Gasteiger partial charge is 0.316 e. The quantitative estimate of drug-likeness (QED) is 0.580. The molecule has 2 aromatic heterocycles. The molecule has 0 amide bonds. The first-order chi connectivity index (χ1) is 11.7. The molecule has 0 fully saturated rings. The molecule has 118 valence electrons. The van der Waals surface area contributed by atoms with Gasteiger partial charge in [0.1, 0.15) is 17.1 Å². The van der Waals surface area contributed by atoms with Gasteiger partial charge in [-0.15, -0.1) is 0 Å². The number of nitrogens with one attached hydrogen (secondary N) is 1. The van der Waals surface area contributed by atoms with Crippen molar-refractivity contribution in [3.8, 4) is 5.69 Å². The predicted molar refractivity (Wildman–Crippen MR) is 95.9 cm³/mol. The second kappa shape index (κ2) is 5.81. The van der Waals surface area contributed by atoms with Gasteiger partial charge in [-0.25, -0.2) is 0 Å². The van der Waals surface area contributed by atoms with Crippen molar-refractivity contribution in [2.75, 3.05) is 5.32 Å². The summed E-state index contributed by atoms with van der Waals surface area (Å²) in [7, 11) is 0. The van der Waals surface area contributed by atoms with Gasteiger partial charge in [-0.05, 0) is 31.2 Å². The Morgan fingerprint density at radius 3 is 2.25 bits per heavy atom. The molecule has 2 aromatic carbocycles. The Kier molecular flexibility index (Phi) is 3.50. The van der Waals surface area contributed by atoms with E-state index in [4.69, 9.17) is 5.10 Å². The molecule has 0 saturated carbocycles. The van der Waals surface area contributed by atoms with Crippen LogP contribution in [0.4, 0.5) is 11.5 Å². The molecule has 4 heteroatoms. The monoisotopic (exact) mass is 315 g/mol. The fourth-order valence-electron chi connectivity index (χ4n) is 3.04. The largest absolute Gasteiger partial charge is 0.337 e. The van der Waals surface area contributed by atoms with Crippen LogP contribution < -0.4 is 9.88 Å². The molecule has 0 aliphatic rings. The number of benzene rings is 2. The Bertz CT molecular complexity index is 989. The van der Waals surface area contributed by atoms with Gasteiger partial charge in [0, 0.05) is 18.7 Å². The summed E-state index contributed by atoms with van der Waals surface area (Å²) >= 11 is 0. The van der Waals surface area contributed by atoms with E-state index in [1.165, 1.54) is 5.69 Å². The summed E-state index contributed by atoms with van der Waals surface area (Å²) in [5.41, 5.74) is 5.48. The lowest BCUT2D eigenvalue weighted by Crippen LogP contribution is -2.36. The molecule has 4 rings (SSSR count). The maximum Gasteiger partial charge on any atom is 0.316 e. The maximum atomic E-state index is 4.72. The van der Waals surface area contributed by atoms with Crippen molar-refractivity contribution in [2.24, 2.45) is 0 Å². The second-order valence-electron chi connectivity index (χ2n) is 5.89.